The van der Waals surface area contributed by atoms with Gasteiger partial charge in [-0.25, -0.2) is 14.7 Å². The van der Waals surface area contributed by atoms with Gasteiger partial charge in [0.2, 0.25) is 5.96 Å². The number of hydrogen-bond acceptors (Lipinski definition) is 6. The summed E-state index contributed by atoms with van der Waals surface area (Å²) >= 11 is 12.2. The lowest BCUT2D eigenvalue weighted by atomic mass is 10.1. The van der Waals surface area contributed by atoms with Crippen LogP contribution in [0.25, 0.3) is 0 Å². The van der Waals surface area contributed by atoms with Crippen LogP contribution in [0.5, 0.6) is 0 Å². The minimum atomic E-state index is -1.14. The zero-order chi connectivity index (χ0) is 18.4. The molecule has 0 saturated carbocycles. The molecule has 11 heteroatoms. The van der Waals surface area contributed by atoms with Gasteiger partial charge in [-0.05, 0) is 31.4 Å². The molecule has 1 aromatic rings. The standard InChI is InChI=1S/C14H16Cl2N4O5/c15-10-5-3-6-11(16)12(10)18-13-17-9(8-19(13)14(21)22)4-1-2-7-25-20(23)24/h3,5-6,9H,1-2,4,7-8H2,(H,17,18)(H,21,22). The number of hydrogen-bond donors (Lipinski definition) is 2. The summed E-state index contributed by atoms with van der Waals surface area (Å²) in [4.78, 5) is 31.2. The van der Waals surface area contributed by atoms with Crippen LogP contribution in [-0.4, -0.2) is 46.3 Å². The molecule has 1 amide bonds. The number of para-hydroxylation sites is 1. The van der Waals surface area contributed by atoms with Gasteiger partial charge in [0, 0.05) is 0 Å². The number of halogens is 2. The average molecular weight is 391 g/mol. The van der Waals surface area contributed by atoms with Crippen molar-refractivity contribution in [2.24, 2.45) is 4.99 Å². The summed E-state index contributed by atoms with van der Waals surface area (Å²) in [7, 11) is 0. The fraction of sp³-hybridized carbons (Fsp3) is 0.429. The number of unbranched alkanes of at least 4 members (excludes halogenated alkanes) is 1. The molecule has 0 saturated heterocycles. The zero-order valence-electron chi connectivity index (χ0n) is 13.0. The first-order valence-electron chi connectivity index (χ1n) is 7.45. The molecule has 1 unspecified atom stereocenters. The molecule has 0 aliphatic carbocycles. The van der Waals surface area contributed by atoms with E-state index in [9.17, 15) is 20.0 Å². The highest BCUT2D eigenvalue weighted by Crippen LogP contribution is 2.31. The lowest BCUT2D eigenvalue weighted by molar-refractivity contribution is -0.757. The van der Waals surface area contributed by atoms with Crippen LogP contribution in [0.3, 0.4) is 0 Å². The lowest BCUT2D eigenvalue weighted by Gasteiger charge is -2.17. The van der Waals surface area contributed by atoms with E-state index >= 15 is 0 Å². The Labute approximate surface area is 153 Å². The van der Waals surface area contributed by atoms with Gasteiger partial charge in [-0.3, -0.25) is 0 Å². The lowest BCUT2D eigenvalue weighted by Crippen LogP contribution is -2.38. The highest BCUT2D eigenvalue weighted by Gasteiger charge is 2.30. The van der Waals surface area contributed by atoms with E-state index < -0.39 is 11.2 Å². The van der Waals surface area contributed by atoms with Crippen LogP contribution in [-0.2, 0) is 4.84 Å². The Morgan fingerprint density at radius 2 is 2.12 bits per heavy atom. The van der Waals surface area contributed by atoms with Crippen LogP contribution in [0.2, 0.25) is 10.0 Å². The summed E-state index contributed by atoms with van der Waals surface area (Å²) < 4.78 is 0. The summed E-state index contributed by atoms with van der Waals surface area (Å²) in [6, 6.07) is 4.68. The van der Waals surface area contributed by atoms with Gasteiger partial charge in [-0.15, -0.1) is 10.1 Å². The summed E-state index contributed by atoms with van der Waals surface area (Å²) in [6.07, 6.45) is 0.537. The van der Waals surface area contributed by atoms with Crippen LogP contribution in [0, 0.1) is 10.1 Å². The van der Waals surface area contributed by atoms with Crippen molar-refractivity contribution in [3.05, 3.63) is 38.4 Å². The minimum Gasteiger partial charge on any atom is -0.465 e. The molecule has 1 aliphatic heterocycles. The summed E-state index contributed by atoms with van der Waals surface area (Å²) in [5, 5.41) is 22.1. The Balaban J connectivity index is 1.99. The summed E-state index contributed by atoms with van der Waals surface area (Å²) in [5.41, 5.74) is 0.385. The van der Waals surface area contributed by atoms with E-state index in [2.05, 4.69) is 15.1 Å². The number of guanidine groups is 1. The molecule has 0 aromatic heterocycles. The van der Waals surface area contributed by atoms with Crippen LogP contribution in [0.15, 0.2) is 23.2 Å². The number of benzene rings is 1. The number of nitrogens with one attached hydrogen (secondary N) is 1. The fourth-order valence-electron chi connectivity index (χ4n) is 2.36. The summed E-state index contributed by atoms with van der Waals surface area (Å²) in [5.74, 6) is 0.147. The first-order valence-corrected chi connectivity index (χ1v) is 8.20. The third-order valence-corrected chi connectivity index (χ3v) is 4.14. The van der Waals surface area contributed by atoms with E-state index in [4.69, 9.17) is 23.2 Å². The molecular weight excluding hydrogens is 375 g/mol. The Bertz CT molecular complexity index is 665. The number of amides is 1. The monoisotopic (exact) mass is 390 g/mol. The maximum atomic E-state index is 11.4. The quantitative estimate of drug-likeness (QED) is 0.417. The number of aliphatic imine (C=N–C) groups is 1. The molecule has 1 aliphatic rings. The van der Waals surface area contributed by atoms with E-state index in [1.165, 1.54) is 0 Å². The van der Waals surface area contributed by atoms with Crippen molar-refractivity contribution >= 4 is 40.9 Å². The second kappa shape index (κ2) is 8.72. The predicted octanol–water partition coefficient (Wildman–Crippen LogP) is 3.50. The van der Waals surface area contributed by atoms with Crippen molar-refractivity contribution in [3.63, 3.8) is 0 Å². The topological polar surface area (TPSA) is 117 Å². The van der Waals surface area contributed by atoms with Crippen molar-refractivity contribution in [3.8, 4) is 0 Å². The Kier molecular flexibility index (Phi) is 6.65. The predicted molar refractivity (Wildman–Crippen MR) is 92.8 cm³/mol. The van der Waals surface area contributed by atoms with E-state index in [0.29, 0.717) is 35.0 Å². The van der Waals surface area contributed by atoms with Crippen molar-refractivity contribution in [1.29, 1.82) is 0 Å². The van der Waals surface area contributed by atoms with Crippen molar-refractivity contribution in [1.82, 2.24) is 4.90 Å². The van der Waals surface area contributed by atoms with E-state index in [0.717, 1.165) is 4.90 Å². The molecule has 1 atom stereocenters. The van der Waals surface area contributed by atoms with E-state index in [-0.39, 0.29) is 25.2 Å². The number of anilines is 1. The fourth-order valence-corrected chi connectivity index (χ4v) is 2.85. The number of rotatable bonds is 7. The highest BCUT2D eigenvalue weighted by molar-refractivity contribution is 6.39. The average Bonchev–Trinajstić information content (AvgIpc) is 2.93. The normalized spacial score (nSPS) is 16.5. The van der Waals surface area contributed by atoms with Crippen LogP contribution in [0.1, 0.15) is 19.3 Å². The van der Waals surface area contributed by atoms with E-state index in [1.807, 2.05) is 0 Å². The third-order valence-electron chi connectivity index (χ3n) is 3.51. The molecule has 0 fully saturated rings. The molecule has 1 heterocycles. The van der Waals surface area contributed by atoms with Gasteiger partial charge in [0.05, 0.1) is 34.9 Å². The highest BCUT2D eigenvalue weighted by atomic mass is 35.5. The smallest absolute Gasteiger partial charge is 0.414 e. The second-order valence-corrected chi connectivity index (χ2v) is 6.09. The summed E-state index contributed by atoms with van der Waals surface area (Å²) in [6.45, 7) is 0.197. The Morgan fingerprint density at radius 3 is 2.72 bits per heavy atom. The van der Waals surface area contributed by atoms with Gasteiger partial charge in [0.15, 0.2) is 0 Å². The molecule has 9 nitrogen and oxygen atoms in total. The van der Waals surface area contributed by atoms with Crippen molar-refractivity contribution < 1.29 is 19.8 Å². The Hall–Kier alpha value is -2.26. The molecular formula is C14H16Cl2N4O5. The largest absolute Gasteiger partial charge is 0.465 e. The van der Waals surface area contributed by atoms with Gasteiger partial charge in [0.1, 0.15) is 0 Å². The molecule has 0 bridgehead atoms. The zero-order valence-corrected chi connectivity index (χ0v) is 14.5. The maximum absolute atomic E-state index is 11.4. The molecule has 2 N–H and O–H groups in total. The van der Waals surface area contributed by atoms with Gasteiger partial charge in [-0.1, -0.05) is 29.3 Å². The first-order chi connectivity index (χ1) is 11.9. The van der Waals surface area contributed by atoms with Gasteiger partial charge >= 0.3 is 6.09 Å². The number of carboxylic acid groups (broad SMARTS) is 1. The number of nitrogens with zero attached hydrogens (tertiary/aromatic N) is 3. The third kappa shape index (κ3) is 5.36. The first kappa shape index (κ1) is 19.1. The second-order valence-electron chi connectivity index (χ2n) is 5.27. The van der Waals surface area contributed by atoms with Crippen molar-refractivity contribution in [2.45, 2.75) is 25.3 Å². The van der Waals surface area contributed by atoms with E-state index in [1.54, 1.807) is 18.2 Å². The molecule has 1 aromatic carbocycles. The van der Waals surface area contributed by atoms with Gasteiger partial charge in [0.25, 0.3) is 5.09 Å². The minimum absolute atomic E-state index is 0.00637. The van der Waals surface area contributed by atoms with Gasteiger partial charge < -0.3 is 15.3 Å². The Morgan fingerprint density at radius 1 is 1.44 bits per heavy atom. The van der Waals surface area contributed by atoms with Crippen LogP contribution >= 0.6 is 23.2 Å². The van der Waals surface area contributed by atoms with Gasteiger partial charge in [-0.2, -0.15) is 0 Å². The number of carbonyl (C=O) groups is 1. The molecule has 136 valence electrons. The SMILES string of the molecule is O=C(O)N1CC(CCCCO[N+](=O)[O-])N=C1Nc1c(Cl)cccc1Cl. The van der Waals surface area contributed by atoms with Crippen molar-refractivity contribution in [2.75, 3.05) is 18.5 Å². The molecule has 0 spiro atoms. The van der Waals surface area contributed by atoms with Crippen LogP contribution in [0.4, 0.5) is 10.5 Å². The molecule has 25 heavy (non-hydrogen) atoms. The van der Waals surface area contributed by atoms with Crippen LogP contribution < -0.4 is 5.32 Å². The maximum Gasteiger partial charge on any atom is 0.414 e. The molecule has 0 radical (unpaired) electrons. The molecule has 2 rings (SSSR count).